The summed E-state index contributed by atoms with van der Waals surface area (Å²) in [6.07, 6.45) is 3.56. The summed E-state index contributed by atoms with van der Waals surface area (Å²) in [6.45, 7) is 0.674. The molecule has 70 valence electrons. The van der Waals surface area contributed by atoms with Gasteiger partial charge < -0.3 is 5.73 Å². The Balaban J connectivity index is 2.25. The smallest absolute Gasteiger partial charge is 0.0438 e. The second kappa shape index (κ2) is 3.69. The first-order valence-corrected chi connectivity index (χ1v) is 5.17. The van der Waals surface area contributed by atoms with Gasteiger partial charge in [0.15, 0.2) is 0 Å². The van der Waals surface area contributed by atoms with Crippen LogP contribution in [0, 0.1) is 0 Å². The van der Waals surface area contributed by atoms with E-state index in [2.05, 4.69) is 12.1 Å². The van der Waals surface area contributed by atoms with Gasteiger partial charge >= 0.3 is 0 Å². The van der Waals surface area contributed by atoms with E-state index in [4.69, 9.17) is 17.3 Å². The molecule has 2 rings (SSSR count). The number of nitrogens with two attached hydrogens (primary N) is 1. The molecule has 0 unspecified atom stereocenters. The predicted molar refractivity (Wildman–Crippen MR) is 56.2 cm³/mol. The fourth-order valence-corrected chi connectivity index (χ4v) is 1.82. The molecule has 0 aromatic heterocycles. The monoisotopic (exact) mass is 195 g/mol. The maximum Gasteiger partial charge on any atom is 0.0438 e. The number of hydrogen-bond donors (Lipinski definition) is 1. The molecule has 1 aliphatic rings. The van der Waals surface area contributed by atoms with E-state index >= 15 is 0 Å². The van der Waals surface area contributed by atoms with Gasteiger partial charge in [0.2, 0.25) is 0 Å². The fraction of sp³-hybridized carbons (Fsp3) is 0.455. The van der Waals surface area contributed by atoms with Crippen LogP contribution in [0.15, 0.2) is 18.2 Å². The highest BCUT2D eigenvalue weighted by Crippen LogP contribution is 2.40. The van der Waals surface area contributed by atoms with Crippen LogP contribution in [0.1, 0.15) is 29.9 Å². The van der Waals surface area contributed by atoms with Gasteiger partial charge in [-0.25, -0.2) is 0 Å². The molecule has 2 N–H and O–H groups in total. The topological polar surface area (TPSA) is 26.0 Å². The van der Waals surface area contributed by atoms with E-state index in [0.29, 0.717) is 6.54 Å². The van der Waals surface area contributed by atoms with Crippen molar-refractivity contribution in [1.82, 2.24) is 0 Å². The van der Waals surface area contributed by atoms with E-state index in [-0.39, 0.29) is 0 Å². The number of rotatable bonds is 3. The van der Waals surface area contributed by atoms with E-state index in [9.17, 15) is 0 Å². The molecule has 1 nitrogen and oxygen atoms in total. The molecule has 0 radical (unpaired) electrons. The van der Waals surface area contributed by atoms with E-state index in [1.54, 1.807) is 0 Å². The van der Waals surface area contributed by atoms with Crippen molar-refractivity contribution in [3.63, 3.8) is 0 Å². The maximum absolute atomic E-state index is 6.04. The van der Waals surface area contributed by atoms with Gasteiger partial charge in [0.05, 0.1) is 0 Å². The highest BCUT2D eigenvalue weighted by atomic mass is 35.5. The third-order valence-corrected chi connectivity index (χ3v) is 2.90. The summed E-state index contributed by atoms with van der Waals surface area (Å²) >= 11 is 6.04. The zero-order valence-electron chi connectivity index (χ0n) is 7.59. The maximum atomic E-state index is 6.04. The van der Waals surface area contributed by atoms with Crippen molar-refractivity contribution in [3.05, 3.63) is 34.3 Å². The predicted octanol–water partition coefficient (Wildman–Crippen LogP) is 2.72. The summed E-state index contributed by atoms with van der Waals surface area (Å²) in [4.78, 5) is 0. The van der Waals surface area contributed by atoms with E-state index in [1.807, 2.05) is 6.07 Å². The minimum absolute atomic E-state index is 0.674. The normalized spacial score (nSPS) is 16.2. The van der Waals surface area contributed by atoms with Gasteiger partial charge in [0, 0.05) is 5.02 Å². The average Bonchev–Trinajstić information content (AvgIpc) is 2.92. The molecule has 0 spiro atoms. The highest BCUT2D eigenvalue weighted by molar-refractivity contribution is 6.31. The van der Waals surface area contributed by atoms with Crippen molar-refractivity contribution in [3.8, 4) is 0 Å². The van der Waals surface area contributed by atoms with Gasteiger partial charge in [-0.1, -0.05) is 23.7 Å². The molecule has 13 heavy (non-hydrogen) atoms. The van der Waals surface area contributed by atoms with Crippen LogP contribution in [-0.4, -0.2) is 6.54 Å². The molecule has 1 aliphatic carbocycles. The molecule has 0 aliphatic heterocycles. The SMILES string of the molecule is NCCc1cc(C2CC2)ccc1Cl. The van der Waals surface area contributed by atoms with E-state index in [1.165, 1.54) is 24.0 Å². The molecular formula is C11H14ClN. The van der Waals surface area contributed by atoms with Gasteiger partial charge in [-0.2, -0.15) is 0 Å². The lowest BCUT2D eigenvalue weighted by Crippen LogP contribution is -2.03. The van der Waals surface area contributed by atoms with Crippen LogP contribution in [0.5, 0.6) is 0 Å². The van der Waals surface area contributed by atoms with Crippen LogP contribution in [0.2, 0.25) is 5.02 Å². The Morgan fingerprint density at radius 2 is 2.15 bits per heavy atom. The summed E-state index contributed by atoms with van der Waals surface area (Å²) in [5, 5.41) is 0.856. The van der Waals surface area contributed by atoms with Crippen LogP contribution >= 0.6 is 11.6 Å². The molecular weight excluding hydrogens is 182 g/mol. The summed E-state index contributed by atoms with van der Waals surface area (Å²) in [7, 11) is 0. The molecule has 2 heteroatoms. The van der Waals surface area contributed by atoms with E-state index in [0.717, 1.165) is 17.4 Å². The zero-order chi connectivity index (χ0) is 9.26. The standard InChI is InChI=1S/C11H14ClN/c12-11-4-3-9(8-1-2-8)7-10(11)5-6-13/h3-4,7-8H,1-2,5-6,13H2. The summed E-state index contributed by atoms with van der Waals surface area (Å²) in [5.74, 6) is 0.800. The molecule has 0 bridgehead atoms. The first kappa shape index (κ1) is 9.04. The first-order chi connectivity index (χ1) is 6.31. The Labute approximate surface area is 83.9 Å². The van der Waals surface area contributed by atoms with Gasteiger partial charge in [-0.05, 0) is 48.9 Å². The van der Waals surface area contributed by atoms with Crippen LogP contribution in [0.3, 0.4) is 0 Å². The van der Waals surface area contributed by atoms with E-state index < -0.39 is 0 Å². The number of hydrogen-bond acceptors (Lipinski definition) is 1. The van der Waals surface area contributed by atoms with Crippen LogP contribution < -0.4 is 5.73 Å². The third-order valence-electron chi connectivity index (χ3n) is 2.53. The Kier molecular flexibility index (Phi) is 2.56. The Bertz CT molecular complexity index is 305. The molecule has 0 amide bonds. The Morgan fingerprint density at radius 1 is 1.38 bits per heavy atom. The van der Waals surface area contributed by atoms with Gasteiger partial charge in [0.1, 0.15) is 0 Å². The fourth-order valence-electron chi connectivity index (χ4n) is 1.61. The Hall–Kier alpha value is -0.530. The van der Waals surface area contributed by atoms with Crippen molar-refractivity contribution in [2.75, 3.05) is 6.54 Å². The lowest BCUT2D eigenvalue weighted by Gasteiger charge is -2.05. The second-order valence-corrected chi connectivity index (χ2v) is 4.07. The Morgan fingerprint density at radius 3 is 2.77 bits per heavy atom. The molecule has 1 fully saturated rings. The molecule has 0 saturated heterocycles. The molecule has 1 saturated carbocycles. The van der Waals surface area contributed by atoms with Crippen LogP contribution in [0.4, 0.5) is 0 Å². The van der Waals surface area contributed by atoms with Gasteiger partial charge in [-0.15, -0.1) is 0 Å². The van der Waals surface area contributed by atoms with Crippen LogP contribution in [0.25, 0.3) is 0 Å². The molecule has 0 heterocycles. The molecule has 1 aromatic carbocycles. The molecule has 0 atom stereocenters. The zero-order valence-corrected chi connectivity index (χ0v) is 8.35. The number of benzene rings is 1. The van der Waals surface area contributed by atoms with Crippen molar-refractivity contribution >= 4 is 11.6 Å². The lowest BCUT2D eigenvalue weighted by molar-refractivity contribution is 0.961. The second-order valence-electron chi connectivity index (χ2n) is 3.66. The minimum atomic E-state index is 0.674. The largest absolute Gasteiger partial charge is 0.330 e. The summed E-state index contributed by atoms with van der Waals surface area (Å²) in [5.41, 5.74) is 8.15. The average molecular weight is 196 g/mol. The van der Waals surface area contributed by atoms with Crippen molar-refractivity contribution in [2.24, 2.45) is 5.73 Å². The first-order valence-electron chi connectivity index (χ1n) is 4.79. The third kappa shape index (κ3) is 2.04. The molecule has 1 aromatic rings. The van der Waals surface area contributed by atoms with Crippen molar-refractivity contribution in [2.45, 2.75) is 25.2 Å². The van der Waals surface area contributed by atoms with Crippen molar-refractivity contribution in [1.29, 1.82) is 0 Å². The van der Waals surface area contributed by atoms with Gasteiger partial charge in [0.25, 0.3) is 0 Å². The lowest BCUT2D eigenvalue weighted by atomic mass is 10.1. The number of halogens is 1. The van der Waals surface area contributed by atoms with Crippen LogP contribution in [-0.2, 0) is 6.42 Å². The minimum Gasteiger partial charge on any atom is -0.330 e. The highest BCUT2D eigenvalue weighted by Gasteiger charge is 2.23. The quantitative estimate of drug-likeness (QED) is 0.789. The summed E-state index contributed by atoms with van der Waals surface area (Å²) < 4.78 is 0. The van der Waals surface area contributed by atoms with Gasteiger partial charge in [-0.3, -0.25) is 0 Å². The van der Waals surface area contributed by atoms with Crippen molar-refractivity contribution < 1.29 is 0 Å². The summed E-state index contributed by atoms with van der Waals surface area (Å²) in [6, 6.07) is 6.35.